The predicted octanol–water partition coefficient (Wildman–Crippen LogP) is 11.4. The largest absolute Gasteiger partial charge is 0.309 e. The van der Waals surface area contributed by atoms with Crippen LogP contribution in [-0.2, 0) is 13.1 Å². The van der Waals surface area contributed by atoms with Gasteiger partial charge in [0.1, 0.15) is 5.65 Å². The van der Waals surface area contributed by atoms with Crippen LogP contribution < -0.4 is 0 Å². The Morgan fingerprint density at radius 1 is 0.500 bits per heavy atom. The Bertz CT molecular complexity index is 3030. The summed E-state index contributed by atoms with van der Waals surface area (Å²) in [6.45, 7) is 8.53. The predicted molar refractivity (Wildman–Crippen MR) is 228 cm³/mol. The molecule has 258 valence electrons. The van der Waals surface area contributed by atoms with E-state index >= 15 is 0 Å². The maximum Gasteiger partial charge on any atom is 0.154 e. The van der Waals surface area contributed by atoms with E-state index in [2.05, 4.69) is 154 Å². The number of imidazole rings is 1. The van der Waals surface area contributed by atoms with E-state index in [1.54, 1.807) is 0 Å². The zero-order chi connectivity index (χ0) is 36.4. The maximum atomic E-state index is 5.09. The van der Waals surface area contributed by atoms with E-state index in [4.69, 9.17) is 9.98 Å². The molecule has 0 aliphatic rings. The molecule has 0 aliphatic heterocycles. The number of aliphatic imine (C=N–C) groups is 3. The molecule has 3 aromatic heterocycles. The summed E-state index contributed by atoms with van der Waals surface area (Å²) in [5.74, 6) is 0.632. The highest BCUT2D eigenvalue weighted by molar-refractivity contribution is 6.20. The van der Waals surface area contributed by atoms with E-state index in [-0.39, 0.29) is 0 Å². The van der Waals surface area contributed by atoms with Gasteiger partial charge in [0, 0.05) is 32.8 Å². The lowest BCUT2D eigenvalue weighted by Crippen LogP contribution is -2.01. The molecule has 6 heteroatoms. The summed E-state index contributed by atoms with van der Waals surface area (Å²) in [6.07, 6.45) is 0. The first-order valence-corrected chi connectivity index (χ1v) is 18.0. The first-order valence-electron chi connectivity index (χ1n) is 18.0. The van der Waals surface area contributed by atoms with Gasteiger partial charge in [0.15, 0.2) is 5.84 Å². The number of nitrogens with zero attached hydrogens (tertiary/aromatic N) is 6. The molecule has 6 nitrogen and oxygen atoms in total. The van der Waals surface area contributed by atoms with Crippen LogP contribution in [0.3, 0.4) is 0 Å². The average Bonchev–Trinajstić information content (AvgIpc) is 3.78. The lowest BCUT2D eigenvalue weighted by Gasteiger charge is -2.12. The average molecular weight is 697 g/mol. The minimum Gasteiger partial charge on any atom is -0.309 e. The molecule has 3 heterocycles. The van der Waals surface area contributed by atoms with Gasteiger partial charge in [-0.15, -0.1) is 0 Å². The Balaban J connectivity index is 0.000000378. The zero-order valence-corrected chi connectivity index (χ0v) is 29.7. The molecule has 0 bridgehead atoms. The highest BCUT2D eigenvalue weighted by Gasteiger charge is 2.18. The highest BCUT2D eigenvalue weighted by atomic mass is 15.0. The van der Waals surface area contributed by atoms with Crippen LogP contribution in [0.5, 0.6) is 0 Å². The van der Waals surface area contributed by atoms with Crippen LogP contribution in [0.15, 0.2) is 185 Å². The maximum absolute atomic E-state index is 5.09. The Hall–Kier alpha value is -7.18. The number of hydrogen-bond acceptors (Lipinski definition) is 3. The van der Waals surface area contributed by atoms with Crippen LogP contribution >= 0.6 is 0 Å². The van der Waals surface area contributed by atoms with Crippen molar-refractivity contribution in [3.05, 3.63) is 187 Å². The molecule has 0 spiro atoms. The summed E-state index contributed by atoms with van der Waals surface area (Å²) >= 11 is 0. The molecule has 0 saturated heterocycles. The molecule has 0 unspecified atom stereocenters. The van der Waals surface area contributed by atoms with E-state index in [1.807, 2.05) is 48.5 Å². The molecule has 54 heavy (non-hydrogen) atoms. The minimum absolute atomic E-state index is 0.547. The number of fused-ring (bicyclic) bond motifs is 11. The molecule has 7 aromatic carbocycles. The second kappa shape index (κ2) is 14.1. The van der Waals surface area contributed by atoms with Gasteiger partial charge in [-0.05, 0) is 72.4 Å². The normalized spacial score (nSPS) is 11.7. The number of amidine groups is 1. The first kappa shape index (κ1) is 32.7. The number of aromatic nitrogens is 3. The molecule has 10 rings (SSSR count). The van der Waals surface area contributed by atoms with Crippen molar-refractivity contribution in [2.75, 3.05) is 0 Å². The van der Waals surface area contributed by atoms with Crippen molar-refractivity contribution in [3.63, 3.8) is 0 Å². The number of pyridine rings is 1. The van der Waals surface area contributed by atoms with Crippen LogP contribution in [0.4, 0.5) is 0 Å². The number of para-hydroxylation sites is 3. The van der Waals surface area contributed by atoms with Gasteiger partial charge < -0.3 is 4.57 Å². The Morgan fingerprint density at radius 3 is 1.85 bits per heavy atom. The molecule has 0 fully saturated rings. The van der Waals surface area contributed by atoms with Gasteiger partial charge in [-0.2, -0.15) is 0 Å². The first-order chi connectivity index (χ1) is 26.7. The van der Waals surface area contributed by atoms with Crippen molar-refractivity contribution in [3.8, 4) is 5.69 Å². The van der Waals surface area contributed by atoms with Gasteiger partial charge in [0.05, 0.1) is 40.7 Å². The molecule has 0 atom stereocenters. The molecule has 0 saturated carbocycles. The summed E-state index contributed by atoms with van der Waals surface area (Å²) < 4.78 is 4.68. The van der Waals surface area contributed by atoms with Crippen LogP contribution in [-0.4, -0.2) is 33.2 Å². The molecule has 0 aliphatic carbocycles. The Morgan fingerprint density at radius 2 is 1.11 bits per heavy atom. The third-order valence-corrected chi connectivity index (χ3v) is 9.95. The van der Waals surface area contributed by atoms with Crippen molar-refractivity contribution in [2.45, 2.75) is 13.1 Å². The van der Waals surface area contributed by atoms with Crippen LogP contribution in [0.2, 0.25) is 0 Å². The lowest BCUT2D eigenvalue weighted by atomic mass is 10.0. The molecule has 0 amide bonds. The van der Waals surface area contributed by atoms with E-state index in [9.17, 15) is 0 Å². The van der Waals surface area contributed by atoms with E-state index in [1.165, 1.54) is 27.1 Å². The second-order valence-corrected chi connectivity index (χ2v) is 13.2. The van der Waals surface area contributed by atoms with E-state index < -0.39 is 0 Å². The monoisotopic (exact) mass is 696 g/mol. The fourth-order valence-electron chi connectivity index (χ4n) is 7.52. The third-order valence-electron chi connectivity index (χ3n) is 9.95. The summed E-state index contributed by atoms with van der Waals surface area (Å²) in [4.78, 5) is 18.0. The summed E-state index contributed by atoms with van der Waals surface area (Å²) in [7, 11) is 0. The third kappa shape index (κ3) is 5.80. The van der Waals surface area contributed by atoms with Crippen molar-refractivity contribution in [1.82, 2.24) is 14.0 Å². The molecular formula is C48H36N6. The van der Waals surface area contributed by atoms with Crippen LogP contribution in [0, 0.1) is 0 Å². The number of hydrogen-bond donors (Lipinski definition) is 0. The molecular weight excluding hydrogens is 661 g/mol. The van der Waals surface area contributed by atoms with Gasteiger partial charge in [0.25, 0.3) is 0 Å². The minimum atomic E-state index is 0.547. The summed E-state index contributed by atoms with van der Waals surface area (Å²) in [5, 5.41) is 5.91. The fourth-order valence-corrected chi connectivity index (χ4v) is 7.52. The second-order valence-electron chi connectivity index (χ2n) is 13.2. The summed E-state index contributed by atoms with van der Waals surface area (Å²) in [5.41, 5.74) is 10.9. The molecule has 0 radical (unpaired) electrons. The van der Waals surface area contributed by atoms with Crippen molar-refractivity contribution < 1.29 is 0 Å². The van der Waals surface area contributed by atoms with Crippen LogP contribution in [0.25, 0.3) is 65.8 Å². The van der Waals surface area contributed by atoms with E-state index in [0.717, 1.165) is 62.0 Å². The number of benzene rings is 7. The van der Waals surface area contributed by atoms with Gasteiger partial charge in [0.2, 0.25) is 0 Å². The van der Waals surface area contributed by atoms with Crippen LogP contribution in [0.1, 0.15) is 16.7 Å². The SMILES string of the molecule is C=NC(=NCc1ccccc1)c1cccc(-n2c3ccccc3c3cc4c(cc32)c2ccccc2c2nc3ccccc3n42)c1.C=NCc1ccccc1. The van der Waals surface area contributed by atoms with Crippen molar-refractivity contribution in [1.29, 1.82) is 0 Å². The van der Waals surface area contributed by atoms with Gasteiger partial charge in [-0.1, -0.05) is 127 Å². The quantitative estimate of drug-likeness (QED) is 0.0970. The number of rotatable bonds is 6. The standard InChI is InChI=1S/C40H27N5.C8H9N/c1-41-39(42-25-26-12-3-2-4-13-26)27-14-11-15-28(22-27)44-35-20-9-7-17-30(35)33-24-38-32(23-37(33)44)29-16-5-6-18-31(29)40-43-34-19-8-10-21-36(34)45(38)40;1-9-7-8-5-3-2-4-6-8/h2-24H,1,25H2;2-6H,1,7H2. The molecule has 0 N–H and O–H groups in total. The van der Waals surface area contributed by atoms with E-state index in [0.29, 0.717) is 12.4 Å². The Labute approximate surface area is 312 Å². The highest BCUT2D eigenvalue weighted by Crippen LogP contribution is 2.39. The van der Waals surface area contributed by atoms with Gasteiger partial charge in [-0.3, -0.25) is 14.4 Å². The smallest absolute Gasteiger partial charge is 0.154 e. The zero-order valence-electron chi connectivity index (χ0n) is 29.7. The fraction of sp³-hybridized carbons (Fsp3) is 0.0417. The lowest BCUT2D eigenvalue weighted by molar-refractivity contribution is 1.06. The molecule has 10 aromatic rings. The van der Waals surface area contributed by atoms with Crippen molar-refractivity contribution >= 4 is 79.4 Å². The van der Waals surface area contributed by atoms with Crippen molar-refractivity contribution in [2.24, 2.45) is 15.0 Å². The summed E-state index contributed by atoms with van der Waals surface area (Å²) in [6, 6.07) is 59.1. The van der Waals surface area contributed by atoms with Gasteiger partial charge >= 0.3 is 0 Å². The van der Waals surface area contributed by atoms with Gasteiger partial charge in [-0.25, -0.2) is 9.98 Å². The topological polar surface area (TPSA) is 59.3 Å². The Kier molecular flexibility index (Phi) is 8.54.